The highest BCUT2D eigenvalue weighted by atomic mass is 32.2. The topological polar surface area (TPSA) is 87.6 Å². The summed E-state index contributed by atoms with van der Waals surface area (Å²) in [6.07, 6.45) is 2.61. The number of carboxylic acids is 1. The lowest BCUT2D eigenvalue weighted by atomic mass is 10.5. The van der Waals surface area contributed by atoms with Gasteiger partial charge >= 0.3 is 5.97 Å². The smallest absolute Gasteiger partial charge is 0.318 e. The molecule has 1 aromatic rings. The van der Waals surface area contributed by atoms with Gasteiger partial charge in [0.25, 0.3) is 0 Å². The van der Waals surface area contributed by atoms with Gasteiger partial charge in [-0.3, -0.25) is 9.78 Å². The predicted octanol–water partition coefficient (Wildman–Crippen LogP) is -0.213. The average Bonchev–Trinajstić information content (AvgIpc) is 2.18. The zero-order chi connectivity index (χ0) is 11.5. The van der Waals surface area contributed by atoms with Crippen LogP contribution in [0.25, 0.3) is 0 Å². The van der Waals surface area contributed by atoms with Crippen molar-refractivity contribution in [3.05, 3.63) is 24.5 Å². The Hall–Kier alpha value is -1.47. The van der Waals surface area contributed by atoms with Crippen molar-refractivity contribution in [2.75, 3.05) is 13.6 Å². The van der Waals surface area contributed by atoms with Gasteiger partial charge in [0.05, 0.1) is 0 Å². The first kappa shape index (κ1) is 11.6. The second-order valence-electron chi connectivity index (χ2n) is 2.84. The van der Waals surface area contributed by atoms with E-state index in [9.17, 15) is 13.2 Å². The fraction of sp³-hybridized carbons (Fsp3) is 0.250. The van der Waals surface area contributed by atoms with Gasteiger partial charge < -0.3 is 5.11 Å². The van der Waals surface area contributed by atoms with Crippen LogP contribution in [-0.4, -0.2) is 42.4 Å². The number of pyridine rings is 1. The molecule has 0 spiro atoms. The van der Waals surface area contributed by atoms with E-state index in [1.807, 2.05) is 0 Å². The average molecular weight is 230 g/mol. The second kappa shape index (κ2) is 4.37. The first-order valence-corrected chi connectivity index (χ1v) is 5.47. The lowest BCUT2D eigenvalue weighted by molar-refractivity contribution is -0.137. The molecule has 0 aliphatic carbocycles. The van der Waals surface area contributed by atoms with Gasteiger partial charge in [0, 0.05) is 19.4 Å². The van der Waals surface area contributed by atoms with Crippen molar-refractivity contribution >= 4 is 16.0 Å². The minimum Gasteiger partial charge on any atom is -0.480 e. The number of rotatable bonds is 4. The summed E-state index contributed by atoms with van der Waals surface area (Å²) >= 11 is 0. The summed E-state index contributed by atoms with van der Waals surface area (Å²) in [4.78, 5) is 14.0. The minimum absolute atomic E-state index is 0.0197. The molecule has 0 saturated carbocycles. The van der Waals surface area contributed by atoms with Gasteiger partial charge in [0.15, 0.2) is 0 Å². The van der Waals surface area contributed by atoms with Crippen molar-refractivity contribution in [2.45, 2.75) is 4.90 Å². The standard InChI is InChI=1S/C8H10N2O4S/c1-10(6-8(11)12)15(13,14)7-3-2-4-9-5-7/h2-5H,6H2,1H3,(H,11,12). The lowest BCUT2D eigenvalue weighted by Crippen LogP contribution is -2.32. The summed E-state index contributed by atoms with van der Waals surface area (Å²) in [5, 5.41) is 8.47. The van der Waals surface area contributed by atoms with Crippen molar-refractivity contribution in [1.29, 1.82) is 0 Å². The number of hydrogen-bond donors (Lipinski definition) is 1. The summed E-state index contributed by atoms with van der Waals surface area (Å²) in [5.41, 5.74) is 0. The fourth-order valence-corrected chi connectivity index (χ4v) is 2.04. The van der Waals surface area contributed by atoms with E-state index in [0.29, 0.717) is 0 Å². The molecule has 6 nitrogen and oxygen atoms in total. The van der Waals surface area contributed by atoms with E-state index in [1.54, 1.807) is 0 Å². The number of likely N-dealkylation sites (N-methyl/N-ethyl adjacent to an activating group) is 1. The Labute approximate surface area is 87.2 Å². The number of carboxylic acid groups (broad SMARTS) is 1. The van der Waals surface area contributed by atoms with E-state index < -0.39 is 22.5 Å². The summed E-state index contributed by atoms with van der Waals surface area (Å²) < 4.78 is 24.1. The molecule has 1 heterocycles. The molecule has 0 aromatic carbocycles. The van der Waals surface area contributed by atoms with E-state index in [-0.39, 0.29) is 4.90 Å². The molecule has 1 rings (SSSR count). The Bertz CT molecular complexity index is 443. The van der Waals surface area contributed by atoms with Crippen LogP contribution in [0.1, 0.15) is 0 Å². The van der Waals surface area contributed by atoms with Gasteiger partial charge in [-0.2, -0.15) is 4.31 Å². The fourth-order valence-electron chi connectivity index (χ4n) is 0.955. The van der Waals surface area contributed by atoms with Gasteiger partial charge in [0.2, 0.25) is 10.0 Å². The largest absolute Gasteiger partial charge is 0.480 e. The minimum atomic E-state index is -3.74. The van der Waals surface area contributed by atoms with Gasteiger partial charge in [-0.1, -0.05) is 0 Å². The molecule has 1 N–H and O–H groups in total. The number of nitrogens with zero attached hydrogens (tertiary/aromatic N) is 2. The molecule has 82 valence electrons. The van der Waals surface area contributed by atoms with E-state index in [4.69, 9.17) is 5.11 Å². The summed E-state index contributed by atoms with van der Waals surface area (Å²) in [7, 11) is -2.54. The maximum Gasteiger partial charge on any atom is 0.318 e. The monoisotopic (exact) mass is 230 g/mol. The van der Waals surface area contributed by atoms with Crippen LogP contribution in [0.5, 0.6) is 0 Å². The Morgan fingerprint density at radius 3 is 2.73 bits per heavy atom. The number of aromatic nitrogens is 1. The molecular weight excluding hydrogens is 220 g/mol. The molecule has 15 heavy (non-hydrogen) atoms. The van der Waals surface area contributed by atoms with Crippen molar-refractivity contribution in [2.24, 2.45) is 0 Å². The Morgan fingerprint density at radius 2 is 2.27 bits per heavy atom. The lowest BCUT2D eigenvalue weighted by Gasteiger charge is -2.13. The Balaban J connectivity index is 2.99. The number of aliphatic carboxylic acids is 1. The van der Waals surface area contributed by atoms with Crippen molar-refractivity contribution in [3.8, 4) is 0 Å². The van der Waals surface area contributed by atoms with Crippen molar-refractivity contribution in [3.63, 3.8) is 0 Å². The number of hydrogen-bond acceptors (Lipinski definition) is 4. The van der Waals surface area contributed by atoms with Gasteiger partial charge in [-0.05, 0) is 12.1 Å². The Morgan fingerprint density at radius 1 is 1.60 bits per heavy atom. The normalized spacial score (nSPS) is 11.6. The van der Waals surface area contributed by atoms with E-state index >= 15 is 0 Å². The van der Waals surface area contributed by atoms with Crippen LogP contribution in [0.15, 0.2) is 29.4 Å². The zero-order valence-corrected chi connectivity index (χ0v) is 8.81. The maximum absolute atomic E-state index is 11.7. The van der Waals surface area contributed by atoms with E-state index in [0.717, 1.165) is 4.31 Å². The number of sulfonamides is 1. The highest BCUT2D eigenvalue weighted by Crippen LogP contribution is 2.11. The number of carbonyl (C=O) groups is 1. The predicted molar refractivity (Wildman–Crippen MR) is 51.7 cm³/mol. The molecule has 0 radical (unpaired) electrons. The molecule has 0 saturated heterocycles. The molecule has 0 aliphatic heterocycles. The molecular formula is C8H10N2O4S. The zero-order valence-electron chi connectivity index (χ0n) is 7.99. The molecule has 7 heteroatoms. The first-order chi connectivity index (χ1) is 6.94. The van der Waals surface area contributed by atoms with E-state index in [1.165, 1.54) is 31.6 Å². The molecule has 0 fully saturated rings. The van der Waals surface area contributed by atoms with Crippen molar-refractivity contribution < 1.29 is 18.3 Å². The molecule has 0 unspecified atom stereocenters. The van der Waals surface area contributed by atoms with Crippen LogP contribution in [0.2, 0.25) is 0 Å². The third kappa shape index (κ3) is 2.74. The van der Waals surface area contributed by atoms with Crippen LogP contribution < -0.4 is 0 Å². The van der Waals surface area contributed by atoms with Gasteiger partial charge in [-0.15, -0.1) is 0 Å². The van der Waals surface area contributed by atoms with Crippen LogP contribution in [0.4, 0.5) is 0 Å². The quantitative estimate of drug-likeness (QED) is 0.773. The third-order valence-electron chi connectivity index (χ3n) is 1.70. The van der Waals surface area contributed by atoms with Crippen LogP contribution in [-0.2, 0) is 14.8 Å². The Kier molecular flexibility index (Phi) is 3.38. The van der Waals surface area contributed by atoms with Crippen LogP contribution >= 0.6 is 0 Å². The first-order valence-electron chi connectivity index (χ1n) is 4.03. The van der Waals surface area contributed by atoms with Gasteiger partial charge in [0.1, 0.15) is 11.4 Å². The highest BCUT2D eigenvalue weighted by Gasteiger charge is 2.22. The van der Waals surface area contributed by atoms with Crippen LogP contribution in [0, 0.1) is 0 Å². The molecule has 0 atom stereocenters. The maximum atomic E-state index is 11.7. The van der Waals surface area contributed by atoms with E-state index in [2.05, 4.69) is 4.98 Å². The highest BCUT2D eigenvalue weighted by molar-refractivity contribution is 7.89. The van der Waals surface area contributed by atoms with Crippen LogP contribution in [0.3, 0.4) is 0 Å². The third-order valence-corrected chi connectivity index (χ3v) is 3.49. The van der Waals surface area contributed by atoms with Crippen molar-refractivity contribution in [1.82, 2.24) is 9.29 Å². The summed E-state index contributed by atoms with van der Waals surface area (Å²) in [5.74, 6) is -1.20. The van der Waals surface area contributed by atoms with Gasteiger partial charge in [-0.25, -0.2) is 8.42 Å². The second-order valence-corrected chi connectivity index (χ2v) is 4.89. The summed E-state index contributed by atoms with van der Waals surface area (Å²) in [6, 6.07) is 2.84. The molecule has 1 aromatic heterocycles. The molecule has 0 amide bonds. The summed E-state index contributed by atoms with van der Waals surface area (Å²) in [6.45, 7) is -0.572. The molecule has 0 bridgehead atoms. The molecule has 0 aliphatic rings. The SMILES string of the molecule is CN(CC(=O)O)S(=O)(=O)c1cccnc1.